The molecule has 0 saturated carbocycles. The Morgan fingerprint density at radius 1 is 1.00 bits per heavy atom. The Bertz CT molecular complexity index is 1210. The molecule has 1 aliphatic heterocycles. The molecule has 3 aromatic carbocycles. The number of carbonyl (C=O) groups excluding carboxylic acids is 1. The van der Waals surface area contributed by atoms with Crippen LogP contribution in [0, 0.1) is 5.82 Å². The fourth-order valence-corrected chi connectivity index (χ4v) is 5.30. The number of hydrogen-bond donors (Lipinski definition) is 1. The first-order valence-electron chi connectivity index (χ1n) is 9.28. The molecule has 0 bridgehead atoms. The van der Waals surface area contributed by atoms with Crippen molar-refractivity contribution in [2.24, 2.45) is 0 Å². The fourth-order valence-electron chi connectivity index (χ4n) is 3.41. The minimum Gasteiger partial charge on any atom is -0.322 e. The molecular weight excluding hydrogens is 471 g/mol. The summed E-state index contributed by atoms with van der Waals surface area (Å²) in [5, 5.41) is 2.86. The van der Waals surface area contributed by atoms with Crippen LogP contribution in [0.1, 0.15) is 21.5 Å². The highest BCUT2D eigenvalue weighted by Gasteiger charge is 2.28. The molecule has 0 spiro atoms. The number of anilines is 1. The van der Waals surface area contributed by atoms with Crippen molar-refractivity contribution in [3.63, 3.8) is 0 Å². The smallest absolute Gasteiger partial charge is 0.256 e. The van der Waals surface area contributed by atoms with Gasteiger partial charge in [0.15, 0.2) is 0 Å². The first-order chi connectivity index (χ1) is 14.3. The lowest BCUT2D eigenvalue weighted by atomic mass is 10.0. The molecule has 1 N–H and O–H groups in total. The Balaban J connectivity index is 1.56. The van der Waals surface area contributed by atoms with Crippen molar-refractivity contribution >= 4 is 37.5 Å². The number of nitrogens with one attached hydrogen (secondary N) is 1. The Morgan fingerprint density at radius 3 is 2.47 bits per heavy atom. The largest absolute Gasteiger partial charge is 0.322 e. The van der Waals surface area contributed by atoms with Crippen molar-refractivity contribution in [1.29, 1.82) is 0 Å². The molecule has 1 heterocycles. The molecule has 0 atom stereocenters. The summed E-state index contributed by atoms with van der Waals surface area (Å²) in [7, 11) is -3.73. The molecule has 8 heteroatoms. The zero-order valence-corrected chi connectivity index (χ0v) is 18.2. The van der Waals surface area contributed by atoms with Gasteiger partial charge in [-0.1, -0.05) is 18.2 Å². The highest BCUT2D eigenvalue weighted by atomic mass is 79.9. The minimum absolute atomic E-state index is 0.0609. The molecule has 0 aliphatic carbocycles. The van der Waals surface area contributed by atoms with Crippen molar-refractivity contribution in [2.45, 2.75) is 17.9 Å². The molecule has 30 heavy (non-hydrogen) atoms. The van der Waals surface area contributed by atoms with Gasteiger partial charge in [-0.15, -0.1) is 0 Å². The SMILES string of the molecule is O=C(Nc1ccc2c(c1)CN(S(=O)(=O)c1ccc(F)cc1)CC2)c1ccccc1Br. The van der Waals surface area contributed by atoms with Crippen molar-refractivity contribution in [3.05, 3.63) is 93.7 Å². The van der Waals surface area contributed by atoms with E-state index in [4.69, 9.17) is 0 Å². The van der Waals surface area contributed by atoms with Crippen molar-refractivity contribution in [3.8, 4) is 0 Å². The Hall–Kier alpha value is -2.55. The number of hydrogen-bond acceptors (Lipinski definition) is 3. The lowest BCUT2D eigenvalue weighted by Crippen LogP contribution is -2.36. The number of benzene rings is 3. The van der Waals surface area contributed by atoms with Gasteiger partial charge in [0.1, 0.15) is 5.82 Å². The molecule has 0 aromatic heterocycles. The van der Waals surface area contributed by atoms with Gasteiger partial charge in [0, 0.05) is 23.2 Å². The van der Waals surface area contributed by atoms with E-state index >= 15 is 0 Å². The molecule has 0 saturated heterocycles. The van der Waals surface area contributed by atoms with E-state index in [1.807, 2.05) is 18.2 Å². The number of nitrogens with zero attached hydrogens (tertiary/aromatic N) is 1. The van der Waals surface area contributed by atoms with Gasteiger partial charge in [-0.05, 0) is 82.0 Å². The summed E-state index contributed by atoms with van der Waals surface area (Å²) in [4.78, 5) is 12.6. The summed E-state index contributed by atoms with van der Waals surface area (Å²) in [6.07, 6.45) is 0.564. The van der Waals surface area contributed by atoms with Crippen LogP contribution in [0.4, 0.5) is 10.1 Å². The first-order valence-corrected chi connectivity index (χ1v) is 11.5. The summed E-state index contributed by atoms with van der Waals surface area (Å²) in [5.74, 6) is -0.739. The number of amides is 1. The zero-order chi connectivity index (χ0) is 21.3. The van der Waals surface area contributed by atoms with Crippen LogP contribution in [-0.2, 0) is 23.0 Å². The van der Waals surface area contributed by atoms with Crippen LogP contribution < -0.4 is 5.32 Å². The fraction of sp³-hybridized carbons (Fsp3) is 0.136. The van der Waals surface area contributed by atoms with Gasteiger partial charge < -0.3 is 5.32 Å². The van der Waals surface area contributed by atoms with Gasteiger partial charge in [0.25, 0.3) is 5.91 Å². The average molecular weight is 489 g/mol. The van der Waals surface area contributed by atoms with Crippen LogP contribution in [-0.4, -0.2) is 25.2 Å². The quantitative estimate of drug-likeness (QED) is 0.583. The number of sulfonamides is 1. The Labute approximate surface area is 182 Å². The van der Waals surface area contributed by atoms with Gasteiger partial charge in [-0.3, -0.25) is 4.79 Å². The molecule has 0 fully saturated rings. The summed E-state index contributed by atoms with van der Waals surface area (Å²) in [6.45, 7) is 0.531. The van der Waals surface area contributed by atoms with E-state index < -0.39 is 15.8 Å². The number of carbonyl (C=O) groups is 1. The molecule has 1 aliphatic rings. The average Bonchev–Trinajstić information content (AvgIpc) is 2.73. The van der Waals surface area contributed by atoms with E-state index in [1.165, 1.54) is 16.4 Å². The van der Waals surface area contributed by atoms with Crippen molar-refractivity contribution < 1.29 is 17.6 Å². The Morgan fingerprint density at radius 2 is 1.73 bits per heavy atom. The number of fused-ring (bicyclic) bond motifs is 1. The van der Waals surface area contributed by atoms with Gasteiger partial charge in [0.2, 0.25) is 10.0 Å². The second-order valence-electron chi connectivity index (χ2n) is 6.96. The monoisotopic (exact) mass is 488 g/mol. The summed E-state index contributed by atoms with van der Waals surface area (Å²) in [5.41, 5.74) is 2.97. The second kappa shape index (κ2) is 8.29. The molecule has 5 nitrogen and oxygen atoms in total. The van der Waals surface area contributed by atoms with Crippen LogP contribution in [0.3, 0.4) is 0 Å². The van der Waals surface area contributed by atoms with Crippen LogP contribution >= 0.6 is 15.9 Å². The van der Waals surface area contributed by atoms with Crippen LogP contribution in [0.2, 0.25) is 0 Å². The van der Waals surface area contributed by atoms with E-state index in [2.05, 4.69) is 21.2 Å². The number of rotatable bonds is 4. The van der Waals surface area contributed by atoms with Gasteiger partial charge in [-0.25, -0.2) is 12.8 Å². The molecular formula is C22H18BrFN2O3S. The maximum Gasteiger partial charge on any atom is 0.256 e. The lowest BCUT2D eigenvalue weighted by Gasteiger charge is -2.28. The third-order valence-electron chi connectivity index (χ3n) is 5.01. The highest BCUT2D eigenvalue weighted by molar-refractivity contribution is 9.10. The van der Waals surface area contributed by atoms with Gasteiger partial charge >= 0.3 is 0 Å². The van der Waals surface area contributed by atoms with Crippen LogP contribution in [0.25, 0.3) is 0 Å². The van der Waals surface area contributed by atoms with E-state index in [0.717, 1.165) is 23.3 Å². The first kappa shape index (κ1) is 20.7. The van der Waals surface area contributed by atoms with Crippen molar-refractivity contribution in [2.75, 3.05) is 11.9 Å². The molecule has 1 amide bonds. The lowest BCUT2D eigenvalue weighted by molar-refractivity contribution is 0.102. The third kappa shape index (κ3) is 4.16. The third-order valence-corrected chi connectivity index (χ3v) is 7.56. The van der Waals surface area contributed by atoms with Crippen molar-refractivity contribution in [1.82, 2.24) is 4.31 Å². The highest BCUT2D eigenvalue weighted by Crippen LogP contribution is 2.27. The molecule has 154 valence electrons. The van der Waals surface area contributed by atoms with E-state index in [9.17, 15) is 17.6 Å². The molecule has 0 radical (unpaired) electrons. The molecule has 0 unspecified atom stereocenters. The second-order valence-corrected chi connectivity index (χ2v) is 9.75. The predicted octanol–water partition coefficient (Wildman–Crippen LogP) is 4.59. The maximum atomic E-state index is 13.2. The van der Waals surface area contributed by atoms with Crippen LogP contribution in [0.5, 0.6) is 0 Å². The normalized spacial score (nSPS) is 14.2. The summed E-state index contributed by atoms with van der Waals surface area (Å²) >= 11 is 3.37. The Kier molecular flexibility index (Phi) is 5.73. The van der Waals surface area contributed by atoms with E-state index in [-0.39, 0.29) is 17.3 Å². The topological polar surface area (TPSA) is 66.5 Å². The summed E-state index contributed by atoms with van der Waals surface area (Å²) in [6, 6.07) is 17.5. The maximum absolute atomic E-state index is 13.2. The standard InChI is InChI=1S/C22H18BrFN2O3S/c23-21-4-2-1-3-20(21)22(27)25-18-8-5-15-11-12-26(14-16(15)13-18)30(28,29)19-9-6-17(24)7-10-19/h1-10,13H,11-12,14H2,(H,25,27). The van der Waals surface area contributed by atoms with E-state index in [1.54, 1.807) is 24.3 Å². The number of halogens is 2. The molecule has 4 rings (SSSR count). The van der Waals surface area contributed by atoms with Crippen LogP contribution in [0.15, 0.2) is 76.1 Å². The zero-order valence-electron chi connectivity index (χ0n) is 15.8. The predicted molar refractivity (Wildman–Crippen MR) is 116 cm³/mol. The van der Waals surface area contributed by atoms with E-state index in [0.29, 0.717) is 28.7 Å². The summed E-state index contributed by atoms with van der Waals surface area (Å²) < 4.78 is 41.1. The van der Waals surface area contributed by atoms with Gasteiger partial charge in [-0.2, -0.15) is 4.31 Å². The molecule has 3 aromatic rings. The minimum atomic E-state index is -3.73. The van der Waals surface area contributed by atoms with Gasteiger partial charge in [0.05, 0.1) is 10.5 Å².